The summed E-state index contributed by atoms with van der Waals surface area (Å²) >= 11 is 0. The second-order valence-electron chi connectivity index (χ2n) is 7.16. The molecule has 13 heteroatoms. The van der Waals surface area contributed by atoms with Crippen LogP contribution in [0, 0.1) is 5.92 Å². The Labute approximate surface area is 182 Å². The molecule has 168 valence electrons. The monoisotopic (exact) mass is 452 g/mol. The summed E-state index contributed by atoms with van der Waals surface area (Å²) in [5.41, 5.74) is -1.63. The Balaban J connectivity index is 1.74. The minimum Gasteiger partial charge on any atom is -0.355 e. The van der Waals surface area contributed by atoms with E-state index >= 15 is 0 Å². The summed E-state index contributed by atoms with van der Waals surface area (Å²) in [6.07, 6.45) is 1.08. The third kappa shape index (κ3) is 4.40. The molecule has 0 saturated heterocycles. The normalized spacial score (nSPS) is 15.5. The van der Waals surface area contributed by atoms with E-state index in [1.807, 2.05) is 5.32 Å². The van der Waals surface area contributed by atoms with Gasteiger partial charge in [-0.15, -0.1) is 0 Å². The van der Waals surface area contributed by atoms with E-state index in [-0.39, 0.29) is 40.1 Å². The SMILES string of the molecule is [2H]C([2H])([2H])NC(=O)c1cnc(NC(=O)C2CC2)cc1Nc1cnn2ccn(CC(F)(F)F)c(=O)c12. The lowest BCUT2D eigenvalue weighted by molar-refractivity contribution is -0.141. The summed E-state index contributed by atoms with van der Waals surface area (Å²) in [5, 5.41) is 11.1. The molecule has 1 fully saturated rings. The maximum Gasteiger partial charge on any atom is 0.406 e. The van der Waals surface area contributed by atoms with Gasteiger partial charge < -0.3 is 20.5 Å². The molecule has 10 nitrogen and oxygen atoms in total. The largest absolute Gasteiger partial charge is 0.406 e. The molecule has 0 aromatic carbocycles. The highest BCUT2D eigenvalue weighted by Gasteiger charge is 2.30. The molecule has 0 bridgehead atoms. The topological polar surface area (TPSA) is 122 Å². The molecule has 1 saturated carbocycles. The van der Waals surface area contributed by atoms with E-state index in [4.69, 9.17) is 4.11 Å². The van der Waals surface area contributed by atoms with Gasteiger partial charge in [-0.25, -0.2) is 9.50 Å². The van der Waals surface area contributed by atoms with Crippen molar-refractivity contribution in [3.05, 3.63) is 46.8 Å². The molecule has 32 heavy (non-hydrogen) atoms. The molecule has 1 aliphatic rings. The molecule has 0 aliphatic heterocycles. The minimum absolute atomic E-state index is 0.0424. The van der Waals surface area contributed by atoms with Gasteiger partial charge in [-0.3, -0.25) is 14.4 Å². The molecular weight excluding hydrogens is 431 g/mol. The van der Waals surface area contributed by atoms with Crippen molar-refractivity contribution in [2.75, 3.05) is 17.6 Å². The smallest absolute Gasteiger partial charge is 0.355 e. The minimum atomic E-state index is -4.64. The standard InChI is InChI=1S/C19H18F3N7O3/c1-23-17(31)11-7-24-14(27-16(30)10-2-3-10)6-12(11)26-13-8-25-29-5-4-28(9-19(20,21)22)18(32)15(13)29/h4-8,10H,2-3,9H2,1H3,(H,23,31)(H2,24,26,27,30)/i1D3. The fourth-order valence-corrected chi connectivity index (χ4v) is 3.04. The molecular formula is C19H18F3N7O3. The zero-order valence-electron chi connectivity index (χ0n) is 19.2. The van der Waals surface area contributed by atoms with Crippen LogP contribution in [0.2, 0.25) is 0 Å². The highest BCUT2D eigenvalue weighted by atomic mass is 19.4. The number of pyridine rings is 1. The molecule has 0 atom stereocenters. The number of rotatable bonds is 6. The van der Waals surface area contributed by atoms with Crippen molar-refractivity contribution in [1.82, 2.24) is 24.5 Å². The third-order valence-corrected chi connectivity index (χ3v) is 4.73. The number of aromatic nitrogens is 4. The van der Waals surface area contributed by atoms with Gasteiger partial charge in [-0.2, -0.15) is 18.3 Å². The molecule has 3 aromatic heterocycles. The first kappa shape index (κ1) is 17.7. The van der Waals surface area contributed by atoms with Gasteiger partial charge in [-0.1, -0.05) is 0 Å². The maximum absolute atomic E-state index is 12.9. The number of fused-ring (bicyclic) bond motifs is 1. The van der Waals surface area contributed by atoms with Gasteiger partial charge in [0.05, 0.1) is 23.1 Å². The number of nitrogens with one attached hydrogen (secondary N) is 3. The second kappa shape index (κ2) is 7.98. The number of amides is 2. The van der Waals surface area contributed by atoms with Gasteiger partial charge in [-0.05, 0) is 12.8 Å². The number of nitrogens with zero attached hydrogens (tertiary/aromatic N) is 4. The third-order valence-electron chi connectivity index (χ3n) is 4.73. The van der Waals surface area contributed by atoms with Crippen molar-refractivity contribution in [2.45, 2.75) is 25.6 Å². The summed E-state index contributed by atoms with van der Waals surface area (Å²) in [6, 6.07) is 1.25. The van der Waals surface area contributed by atoms with Gasteiger partial charge in [0.25, 0.3) is 11.5 Å². The number of anilines is 3. The lowest BCUT2D eigenvalue weighted by Gasteiger charge is -2.13. The van der Waals surface area contributed by atoms with Crippen molar-refractivity contribution in [1.29, 1.82) is 0 Å². The summed E-state index contributed by atoms with van der Waals surface area (Å²) in [7, 11) is 0. The number of hydrogen-bond acceptors (Lipinski definition) is 6. The first-order valence-corrected chi connectivity index (χ1v) is 9.35. The van der Waals surface area contributed by atoms with Crippen molar-refractivity contribution < 1.29 is 26.9 Å². The molecule has 3 aromatic rings. The van der Waals surface area contributed by atoms with Crippen LogP contribution in [0.4, 0.5) is 30.4 Å². The summed E-state index contributed by atoms with van der Waals surface area (Å²) in [4.78, 5) is 41.4. The van der Waals surface area contributed by atoms with Crippen LogP contribution in [-0.4, -0.2) is 44.1 Å². The van der Waals surface area contributed by atoms with Crippen LogP contribution in [0.3, 0.4) is 0 Å². The van der Waals surface area contributed by atoms with Crippen LogP contribution in [0.25, 0.3) is 5.52 Å². The van der Waals surface area contributed by atoms with E-state index in [1.165, 1.54) is 6.07 Å². The molecule has 0 radical (unpaired) electrons. The number of hydrogen-bond donors (Lipinski definition) is 3. The molecule has 3 heterocycles. The molecule has 2 amide bonds. The Morgan fingerprint density at radius 1 is 1.25 bits per heavy atom. The van der Waals surface area contributed by atoms with Crippen LogP contribution in [0.1, 0.15) is 27.3 Å². The average Bonchev–Trinajstić information content (AvgIpc) is 3.50. The quantitative estimate of drug-likeness (QED) is 0.525. The maximum atomic E-state index is 12.9. The van der Waals surface area contributed by atoms with Crippen LogP contribution >= 0.6 is 0 Å². The Kier molecular flexibility index (Phi) is 4.43. The molecule has 1 aliphatic carbocycles. The predicted molar refractivity (Wildman–Crippen MR) is 108 cm³/mol. The van der Waals surface area contributed by atoms with Crippen LogP contribution < -0.4 is 21.5 Å². The Hall–Kier alpha value is -3.90. The zero-order valence-corrected chi connectivity index (χ0v) is 16.2. The van der Waals surface area contributed by atoms with Gasteiger partial charge in [0.1, 0.15) is 12.4 Å². The Bertz CT molecular complexity index is 1360. The fraction of sp³-hybridized carbons (Fsp3) is 0.316. The highest BCUT2D eigenvalue weighted by molar-refractivity contribution is 6.01. The lowest BCUT2D eigenvalue weighted by atomic mass is 10.2. The molecule has 4 rings (SSSR count). The van der Waals surface area contributed by atoms with Crippen molar-refractivity contribution in [3.8, 4) is 0 Å². The lowest BCUT2D eigenvalue weighted by Crippen LogP contribution is -2.29. The van der Waals surface area contributed by atoms with E-state index in [0.29, 0.717) is 4.57 Å². The number of halogens is 3. The van der Waals surface area contributed by atoms with E-state index in [9.17, 15) is 27.6 Å². The average molecular weight is 452 g/mol. The number of alkyl halides is 3. The Morgan fingerprint density at radius 3 is 2.72 bits per heavy atom. The first-order valence-electron chi connectivity index (χ1n) is 10.8. The van der Waals surface area contributed by atoms with Crippen molar-refractivity contribution >= 4 is 34.5 Å². The van der Waals surface area contributed by atoms with E-state index in [2.05, 4.69) is 20.7 Å². The fourth-order valence-electron chi connectivity index (χ4n) is 3.04. The van der Waals surface area contributed by atoms with Crippen molar-refractivity contribution in [3.63, 3.8) is 0 Å². The number of carbonyl (C=O) groups excluding carboxylic acids is 2. The van der Waals surface area contributed by atoms with E-state index < -0.39 is 31.2 Å². The van der Waals surface area contributed by atoms with Crippen LogP contribution in [0.5, 0.6) is 0 Å². The predicted octanol–water partition coefficient (Wildman–Crippen LogP) is 1.90. The summed E-state index contributed by atoms with van der Waals surface area (Å²) in [6.45, 7) is -4.34. The zero-order chi connectivity index (χ0) is 25.5. The van der Waals surface area contributed by atoms with Gasteiger partial charge in [0.15, 0.2) is 5.52 Å². The highest BCUT2D eigenvalue weighted by Crippen LogP contribution is 2.31. The van der Waals surface area contributed by atoms with Gasteiger partial charge in [0, 0.05) is 41.7 Å². The summed E-state index contributed by atoms with van der Waals surface area (Å²) in [5.74, 6) is -1.43. The summed E-state index contributed by atoms with van der Waals surface area (Å²) < 4.78 is 61.8. The van der Waals surface area contributed by atoms with Gasteiger partial charge in [0.2, 0.25) is 5.91 Å². The molecule has 0 unspecified atom stereocenters. The van der Waals surface area contributed by atoms with Crippen molar-refractivity contribution in [2.24, 2.45) is 5.92 Å². The van der Waals surface area contributed by atoms with E-state index in [1.54, 1.807) is 0 Å². The van der Waals surface area contributed by atoms with E-state index in [0.717, 1.165) is 42.1 Å². The Morgan fingerprint density at radius 2 is 2.03 bits per heavy atom. The van der Waals surface area contributed by atoms with Crippen LogP contribution in [0.15, 0.2) is 35.6 Å². The van der Waals surface area contributed by atoms with Gasteiger partial charge >= 0.3 is 6.18 Å². The number of carbonyl (C=O) groups is 2. The van der Waals surface area contributed by atoms with Crippen LogP contribution in [-0.2, 0) is 11.3 Å². The molecule has 3 N–H and O–H groups in total. The first-order chi connectivity index (χ1) is 16.3. The second-order valence-corrected chi connectivity index (χ2v) is 7.16. The molecule has 0 spiro atoms.